The third-order valence-electron chi connectivity index (χ3n) is 3.54. The van der Waals surface area contributed by atoms with E-state index in [4.69, 9.17) is 4.52 Å². The molecule has 24 heavy (non-hydrogen) atoms. The quantitative estimate of drug-likeness (QED) is 0.698. The highest BCUT2D eigenvalue weighted by atomic mass is 32.2. The van der Waals surface area contributed by atoms with E-state index in [0.29, 0.717) is 16.4 Å². The fraction of sp³-hybridized carbons (Fsp3) is 0.235. The molecule has 0 bridgehead atoms. The van der Waals surface area contributed by atoms with E-state index < -0.39 is 10.0 Å². The first-order chi connectivity index (χ1) is 11.6. The number of hydrogen-bond acceptors (Lipinski definition) is 5. The van der Waals surface area contributed by atoms with Crippen molar-refractivity contribution in [3.05, 3.63) is 59.1 Å². The zero-order valence-electron chi connectivity index (χ0n) is 13.2. The summed E-state index contributed by atoms with van der Waals surface area (Å²) in [4.78, 5) is 1.05. The summed E-state index contributed by atoms with van der Waals surface area (Å²) in [6.45, 7) is 2.28. The molecule has 2 heterocycles. The van der Waals surface area contributed by atoms with Crippen molar-refractivity contribution >= 4 is 21.4 Å². The van der Waals surface area contributed by atoms with Crippen LogP contribution in [-0.4, -0.2) is 20.1 Å². The first-order valence-corrected chi connectivity index (χ1v) is 9.98. The molecule has 0 saturated carbocycles. The lowest BCUT2D eigenvalue weighted by atomic mass is 10.1. The zero-order chi connectivity index (χ0) is 17.0. The van der Waals surface area contributed by atoms with Crippen LogP contribution in [0.25, 0.3) is 11.3 Å². The molecule has 0 aliphatic rings. The van der Waals surface area contributed by atoms with Crippen molar-refractivity contribution in [1.29, 1.82) is 0 Å². The normalized spacial score (nSPS) is 11.7. The van der Waals surface area contributed by atoms with Crippen LogP contribution in [0.4, 0.5) is 0 Å². The first-order valence-electron chi connectivity index (χ1n) is 7.68. The van der Waals surface area contributed by atoms with Crippen LogP contribution in [0, 0.1) is 0 Å². The van der Waals surface area contributed by atoms with Gasteiger partial charge in [-0.3, -0.25) is 0 Å². The number of nitrogens with one attached hydrogen (secondary N) is 1. The van der Waals surface area contributed by atoms with Gasteiger partial charge in [0.2, 0.25) is 10.0 Å². The summed E-state index contributed by atoms with van der Waals surface area (Å²) in [6.07, 6.45) is 1.31. The SMILES string of the molecule is CCc1ccc(S(=O)(=O)NCCc2cc(-c3ccccc3)on2)s1. The molecule has 0 fully saturated rings. The van der Waals surface area contributed by atoms with Crippen LogP contribution >= 0.6 is 11.3 Å². The first kappa shape index (κ1) is 16.9. The van der Waals surface area contributed by atoms with E-state index in [1.165, 1.54) is 11.3 Å². The van der Waals surface area contributed by atoms with Gasteiger partial charge in [-0.25, -0.2) is 13.1 Å². The molecule has 0 atom stereocenters. The van der Waals surface area contributed by atoms with Crippen molar-refractivity contribution in [2.45, 2.75) is 24.0 Å². The number of hydrogen-bond donors (Lipinski definition) is 1. The van der Waals surface area contributed by atoms with E-state index in [0.717, 1.165) is 22.6 Å². The minimum atomic E-state index is -3.45. The monoisotopic (exact) mass is 362 g/mol. The van der Waals surface area contributed by atoms with Gasteiger partial charge in [-0.2, -0.15) is 0 Å². The number of benzene rings is 1. The largest absolute Gasteiger partial charge is 0.356 e. The summed E-state index contributed by atoms with van der Waals surface area (Å²) in [5.41, 5.74) is 1.67. The summed E-state index contributed by atoms with van der Waals surface area (Å²) in [5, 5.41) is 4.00. The van der Waals surface area contributed by atoms with Gasteiger partial charge >= 0.3 is 0 Å². The maximum absolute atomic E-state index is 12.2. The van der Waals surface area contributed by atoms with Crippen molar-refractivity contribution in [3.8, 4) is 11.3 Å². The van der Waals surface area contributed by atoms with Gasteiger partial charge in [0.15, 0.2) is 5.76 Å². The molecule has 0 aliphatic heterocycles. The van der Waals surface area contributed by atoms with Crippen molar-refractivity contribution in [1.82, 2.24) is 9.88 Å². The topological polar surface area (TPSA) is 72.2 Å². The standard InChI is InChI=1S/C17H18N2O3S2/c1-2-15-8-9-17(23-15)24(20,21)18-11-10-14-12-16(22-19-14)13-6-4-3-5-7-13/h3-9,12,18H,2,10-11H2,1H3. The maximum atomic E-state index is 12.2. The Kier molecular flexibility index (Phi) is 5.13. The molecule has 0 saturated heterocycles. The van der Waals surface area contributed by atoms with Crippen LogP contribution < -0.4 is 4.72 Å². The summed E-state index contributed by atoms with van der Waals surface area (Å²) < 4.78 is 32.7. The smallest absolute Gasteiger partial charge is 0.250 e. The molecule has 126 valence electrons. The van der Waals surface area contributed by atoms with E-state index in [1.54, 1.807) is 6.07 Å². The predicted octanol–water partition coefficient (Wildman–Crippen LogP) is 3.49. The Morgan fingerprint density at radius 3 is 2.67 bits per heavy atom. The number of sulfonamides is 1. The summed E-state index contributed by atoms with van der Waals surface area (Å²) in [7, 11) is -3.45. The lowest BCUT2D eigenvalue weighted by molar-refractivity contribution is 0.423. The number of nitrogens with zero attached hydrogens (tertiary/aromatic N) is 1. The highest BCUT2D eigenvalue weighted by Gasteiger charge is 2.16. The van der Waals surface area contributed by atoms with Crippen LogP contribution in [-0.2, 0) is 22.9 Å². The van der Waals surface area contributed by atoms with Gasteiger partial charge < -0.3 is 4.52 Å². The molecule has 0 amide bonds. The molecule has 0 aliphatic carbocycles. The fourth-order valence-electron chi connectivity index (χ4n) is 2.25. The molecule has 0 spiro atoms. The summed E-state index contributed by atoms with van der Waals surface area (Å²) >= 11 is 1.30. The number of thiophene rings is 1. The molecule has 2 aromatic heterocycles. The molecule has 3 aromatic rings. The average Bonchev–Trinajstić information content (AvgIpc) is 3.25. The fourth-order valence-corrected chi connectivity index (χ4v) is 4.62. The summed E-state index contributed by atoms with van der Waals surface area (Å²) in [6, 6.07) is 15.0. The van der Waals surface area contributed by atoms with Crippen molar-refractivity contribution in [2.75, 3.05) is 6.54 Å². The summed E-state index contributed by atoms with van der Waals surface area (Å²) in [5.74, 6) is 0.680. The van der Waals surface area contributed by atoms with Crippen LogP contribution in [0.5, 0.6) is 0 Å². The second-order valence-electron chi connectivity index (χ2n) is 5.27. The van der Waals surface area contributed by atoms with Crippen LogP contribution in [0.1, 0.15) is 17.5 Å². The van der Waals surface area contributed by atoms with Crippen LogP contribution in [0.15, 0.2) is 57.3 Å². The number of aryl methyl sites for hydroxylation is 1. The highest BCUT2D eigenvalue weighted by molar-refractivity contribution is 7.91. The average molecular weight is 362 g/mol. The highest BCUT2D eigenvalue weighted by Crippen LogP contribution is 2.22. The molecule has 1 aromatic carbocycles. The van der Waals surface area contributed by atoms with Crippen molar-refractivity contribution in [2.24, 2.45) is 0 Å². The van der Waals surface area contributed by atoms with Gasteiger partial charge in [0.25, 0.3) is 0 Å². The number of aromatic nitrogens is 1. The molecule has 3 rings (SSSR count). The van der Waals surface area contributed by atoms with Crippen LogP contribution in [0.2, 0.25) is 0 Å². The zero-order valence-corrected chi connectivity index (χ0v) is 14.9. The second-order valence-corrected chi connectivity index (χ2v) is 8.43. The Labute approximate surface area is 145 Å². The molecule has 0 radical (unpaired) electrons. The molecule has 0 unspecified atom stereocenters. The lowest BCUT2D eigenvalue weighted by Gasteiger charge is -2.02. The molecule has 7 heteroatoms. The third-order valence-corrected chi connectivity index (χ3v) is 6.72. The Morgan fingerprint density at radius 1 is 1.17 bits per heavy atom. The molecular formula is C17H18N2O3S2. The van der Waals surface area contributed by atoms with Crippen molar-refractivity contribution < 1.29 is 12.9 Å². The molecular weight excluding hydrogens is 344 g/mol. The Hall–Kier alpha value is -1.96. The Balaban J connectivity index is 1.59. The van der Waals surface area contributed by atoms with Gasteiger partial charge in [-0.15, -0.1) is 11.3 Å². The molecule has 5 nitrogen and oxygen atoms in total. The Morgan fingerprint density at radius 2 is 1.96 bits per heavy atom. The van der Waals surface area contributed by atoms with Gasteiger partial charge in [0.05, 0.1) is 5.69 Å². The van der Waals surface area contributed by atoms with E-state index in [2.05, 4.69) is 9.88 Å². The number of rotatable bonds is 7. The minimum Gasteiger partial charge on any atom is -0.356 e. The Bertz CT molecular complexity index is 899. The van der Waals surface area contributed by atoms with Gasteiger partial charge in [0, 0.05) is 29.5 Å². The minimum absolute atomic E-state index is 0.280. The predicted molar refractivity (Wildman–Crippen MR) is 94.5 cm³/mol. The van der Waals surface area contributed by atoms with E-state index >= 15 is 0 Å². The second kappa shape index (κ2) is 7.29. The van der Waals surface area contributed by atoms with Gasteiger partial charge in [-0.05, 0) is 18.6 Å². The van der Waals surface area contributed by atoms with Gasteiger partial charge in [-0.1, -0.05) is 42.4 Å². The maximum Gasteiger partial charge on any atom is 0.250 e. The van der Waals surface area contributed by atoms with Gasteiger partial charge in [0.1, 0.15) is 4.21 Å². The van der Waals surface area contributed by atoms with E-state index in [-0.39, 0.29) is 6.54 Å². The lowest BCUT2D eigenvalue weighted by Crippen LogP contribution is -2.25. The van der Waals surface area contributed by atoms with Crippen molar-refractivity contribution in [3.63, 3.8) is 0 Å². The third kappa shape index (κ3) is 3.92. The van der Waals surface area contributed by atoms with E-state index in [1.807, 2.05) is 49.4 Å². The molecule has 1 N–H and O–H groups in total. The van der Waals surface area contributed by atoms with Crippen LogP contribution in [0.3, 0.4) is 0 Å². The van der Waals surface area contributed by atoms with E-state index in [9.17, 15) is 8.42 Å².